The minimum atomic E-state index is -0.108. The van der Waals surface area contributed by atoms with E-state index < -0.39 is 0 Å². The predicted octanol–water partition coefficient (Wildman–Crippen LogP) is 4.36. The maximum atomic E-state index is 12.4. The van der Waals surface area contributed by atoms with Gasteiger partial charge in [-0.3, -0.25) is 4.79 Å². The minimum Gasteiger partial charge on any atom is -0.387 e. The number of hydrogen-bond donors (Lipinski definition) is 2. The first-order valence-corrected chi connectivity index (χ1v) is 7.16. The minimum absolute atomic E-state index is 0.108. The number of amides is 1. The number of benzene rings is 2. The van der Waals surface area contributed by atoms with E-state index in [0.717, 1.165) is 27.0 Å². The van der Waals surface area contributed by atoms with E-state index >= 15 is 0 Å². The molecule has 0 atom stereocenters. The Kier molecular flexibility index (Phi) is 4.45. The number of anilines is 2. The molecule has 0 aliphatic rings. The maximum absolute atomic E-state index is 12.4. The molecule has 0 aromatic heterocycles. The summed E-state index contributed by atoms with van der Waals surface area (Å²) in [5.41, 5.74) is 4.37. The van der Waals surface area contributed by atoms with Crippen LogP contribution in [0.5, 0.6) is 0 Å². The predicted molar refractivity (Wildman–Crippen MR) is 87.6 cm³/mol. The fourth-order valence-corrected chi connectivity index (χ4v) is 2.50. The Morgan fingerprint density at radius 2 is 1.75 bits per heavy atom. The first-order chi connectivity index (χ1) is 9.51. The lowest BCUT2D eigenvalue weighted by atomic mass is 10.1. The monoisotopic (exact) mass is 332 g/mol. The zero-order valence-corrected chi connectivity index (χ0v) is 13.3. The van der Waals surface area contributed by atoms with Crippen LogP contribution in [0.1, 0.15) is 21.5 Å². The number of carbonyl (C=O) groups excluding carboxylic acids is 1. The van der Waals surface area contributed by atoms with Gasteiger partial charge in [0.05, 0.1) is 5.56 Å². The van der Waals surface area contributed by atoms with Crippen LogP contribution >= 0.6 is 15.9 Å². The van der Waals surface area contributed by atoms with Gasteiger partial charge in [0.1, 0.15) is 0 Å². The third-order valence-electron chi connectivity index (χ3n) is 3.13. The summed E-state index contributed by atoms with van der Waals surface area (Å²) in [5, 5.41) is 6.00. The van der Waals surface area contributed by atoms with E-state index in [4.69, 9.17) is 0 Å². The summed E-state index contributed by atoms with van der Waals surface area (Å²) in [5.74, 6) is -0.108. The van der Waals surface area contributed by atoms with Gasteiger partial charge in [-0.05, 0) is 49.7 Å². The van der Waals surface area contributed by atoms with Gasteiger partial charge >= 0.3 is 0 Å². The molecule has 20 heavy (non-hydrogen) atoms. The van der Waals surface area contributed by atoms with Crippen molar-refractivity contribution in [1.82, 2.24) is 0 Å². The number of carbonyl (C=O) groups is 1. The molecular formula is C16H17BrN2O. The van der Waals surface area contributed by atoms with Crippen molar-refractivity contribution in [2.75, 3.05) is 17.7 Å². The molecule has 2 aromatic carbocycles. The zero-order valence-electron chi connectivity index (χ0n) is 11.8. The van der Waals surface area contributed by atoms with Gasteiger partial charge in [-0.1, -0.05) is 27.6 Å². The van der Waals surface area contributed by atoms with Gasteiger partial charge in [-0.15, -0.1) is 0 Å². The lowest BCUT2D eigenvalue weighted by molar-refractivity contribution is 0.102. The Balaban J connectivity index is 2.30. The van der Waals surface area contributed by atoms with Gasteiger partial charge in [0, 0.05) is 22.9 Å². The van der Waals surface area contributed by atoms with Gasteiger partial charge in [-0.25, -0.2) is 0 Å². The molecule has 0 aliphatic heterocycles. The highest BCUT2D eigenvalue weighted by Crippen LogP contribution is 2.23. The molecule has 4 heteroatoms. The standard InChI is InChI=1S/C16H17BrN2O/c1-10-4-6-15(18-3)13(8-10)16(20)19-14-7-5-12(17)9-11(14)2/h4-9,18H,1-3H3,(H,19,20). The molecule has 0 saturated heterocycles. The van der Waals surface area contributed by atoms with E-state index in [2.05, 4.69) is 26.6 Å². The van der Waals surface area contributed by atoms with Gasteiger partial charge in [0.25, 0.3) is 5.91 Å². The summed E-state index contributed by atoms with van der Waals surface area (Å²) in [6.07, 6.45) is 0. The van der Waals surface area contributed by atoms with Gasteiger partial charge in [0.2, 0.25) is 0 Å². The SMILES string of the molecule is CNc1ccc(C)cc1C(=O)Nc1ccc(Br)cc1C. The summed E-state index contributed by atoms with van der Waals surface area (Å²) in [6, 6.07) is 11.6. The molecule has 0 heterocycles. The Morgan fingerprint density at radius 1 is 1.05 bits per heavy atom. The van der Waals surface area contributed by atoms with E-state index in [1.165, 1.54) is 0 Å². The van der Waals surface area contributed by atoms with Crippen molar-refractivity contribution >= 4 is 33.2 Å². The second-order valence-electron chi connectivity index (χ2n) is 4.71. The van der Waals surface area contributed by atoms with Gasteiger partial charge < -0.3 is 10.6 Å². The fourth-order valence-electron chi connectivity index (χ4n) is 2.02. The molecule has 0 saturated carbocycles. The second kappa shape index (κ2) is 6.09. The largest absolute Gasteiger partial charge is 0.387 e. The Morgan fingerprint density at radius 3 is 2.40 bits per heavy atom. The summed E-state index contributed by atoms with van der Waals surface area (Å²) in [7, 11) is 1.81. The number of nitrogens with one attached hydrogen (secondary N) is 2. The van der Waals surface area contributed by atoms with Crippen molar-refractivity contribution in [1.29, 1.82) is 0 Å². The van der Waals surface area contributed by atoms with E-state index in [1.807, 2.05) is 57.3 Å². The van der Waals surface area contributed by atoms with Crippen LogP contribution in [-0.4, -0.2) is 13.0 Å². The van der Waals surface area contributed by atoms with Crippen molar-refractivity contribution < 1.29 is 4.79 Å². The molecule has 1 amide bonds. The zero-order chi connectivity index (χ0) is 14.7. The Bertz CT molecular complexity index is 653. The summed E-state index contributed by atoms with van der Waals surface area (Å²) in [4.78, 5) is 12.4. The second-order valence-corrected chi connectivity index (χ2v) is 5.63. The van der Waals surface area contributed by atoms with E-state index in [-0.39, 0.29) is 5.91 Å². The van der Waals surface area contributed by atoms with Gasteiger partial charge in [-0.2, -0.15) is 0 Å². The highest BCUT2D eigenvalue weighted by molar-refractivity contribution is 9.10. The van der Waals surface area contributed by atoms with Crippen molar-refractivity contribution in [2.45, 2.75) is 13.8 Å². The quantitative estimate of drug-likeness (QED) is 0.876. The smallest absolute Gasteiger partial charge is 0.257 e. The molecule has 2 aromatic rings. The lowest BCUT2D eigenvalue weighted by Gasteiger charge is -2.12. The summed E-state index contributed by atoms with van der Waals surface area (Å²) in [6.45, 7) is 3.94. The molecule has 2 N–H and O–H groups in total. The lowest BCUT2D eigenvalue weighted by Crippen LogP contribution is -2.15. The highest BCUT2D eigenvalue weighted by Gasteiger charge is 2.12. The molecule has 3 nitrogen and oxygen atoms in total. The molecule has 0 spiro atoms. The Hall–Kier alpha value is -1.81. The van der Waals surface area contributed by atoms with Crippen molar-refractivity contribution in [2.24, 2.45) is 0 Å². The van der Waals surface area contributed by atoms with Crippen LogP contribution in [0.15, 0.2) is 40.9 Å². The Labute approximate surface area is 127 Å². The van der Waals surface area contributed by atoms with E-state index in [1.54, 1.807) is 0 Å². The summed E-state index contributed by atoms with van der Waals surface area (Å²) >= 11 is 3.42. The van der Waals surface area contributed by atoms with Crippen LogP contribution in [0.3, 0.4) is 0 Å². The average Bonchev–Trinajstić information content (AvgIpc) is 2.41. The topological polar surface area (TPSA) is 41.1 Å². The average molecular weight is 333 g/mol. The molecule has 0 aliphatic carbocycles. The van der Waals surface area contributed by atoms with Crippen LogP contribution in [0.25, 0.3) is 0 Å². The number of halogens is 1. The normalized spacial score (nSPS) is 10.2. The van der Waals surface area contributed by atoms with Crippen LogP contribution in [0.2, 0.25) is 0 Å². The molecular weight excluding hydrogens is 316 g/mol. The van der Waals surface area contributed by atoms with Gasteiger partial charge in [0.15, 0.2) is 0 Å². The first-order valence-electron chi connectivity index (χ1n) is 6.37. The molecule has 0 unspecified atom stereocenters. The van der Waals surface area contributed by atoms with Crippen molar-refractivity contribution in [3.05, 3.63) is 57.6 Å². The van der Waals surface area contributed by atoms with Crippen LogP contribution in [-0.2, 0) is 0 Å². The van der Waals surface area contributed by atoms with Crippen LogP contribution < -0.4 is 10.6 Å². The van der Waals surface area contributed by atoms with E-state index in [9.17, 15) is 4.79 Å². The summed E-state index contributed by atoms with van der Waals surface area (Å²) < 4.78 is 1.000. The molecule has 0 radical (unpaired) electrons. The van der Waals surface area contributed by atoms with E-state index in [0.29, 0.717) is 5.56 Å². The van der Waals surface area contributed by atoms with Crippen LogP contribution in [0, 0.1) is 13.8 Å². The number of hydrogen-bond acceptors (Lipinski definition) is 2. The number of rotatable bonds is 3. The maximum Gasteiger partial charge on any atom is 0.257 e. The molecule has 104 valence electrons. The first kappa shape index (κ1) is 14.6. The van der Waals surface area contributed by atoms with Crippen molar-refractivity contribution in [3.63, 3.8) is 0 Å². The molecule has 0 bridgehead atoms. The highest BCUT2D eigenvalue weighted by atomic mass is 79.9. The van der Waals surface area contributed by atoms with Crippen LogP contribution in [0.4, 0.5) is 11.4 Å². The third kappa shape index (κ3) is 3.20. The van der Waals surface area contributed by atoms with Crippen molar-refractivity contribution in [3.8, 4) is 0 Å². The number of aryl methyl sites for hydroxylation is 2. The molecule has 0 fully saturated rings. The fraction of sp³-hybridized carbons (Fsp3) is 0.188. The molecule has 2 rings (SSSR count). The third-order valence-corrected chi connectivity index (χ3v) is 3.62.